The molecule has 0 spiro atoms. The number of carbonyl (C=O) groups is 1. The molecule has 2 amide bonds. The minimum atomic E-state index is -0.406. The molecule has 2 aromatic rings. The first kappa shape index (κ1) is 13.4. The van der Waals surface area contributed by atoms with E-state index in [0.29, 0.717) is 16.4 Å². The number of rotatable bonds is 2. The van der Waals surface area contributed by atoms with Crippen molar-refractivity contribution in [2.75, 3.05) is 10.6 Å². The van der Waals surface area contributed by atoms with E-state index in [9.17, 15) is 9.18 Å². The van der Waals surface area contributed by atoms with Crippen molar-refractivity contribution < 1.29 is 9.18 Å². The summed E-state index contributed by atoms with van der Waals surface area (Å²) in [5.41, 5.74) is 1.93. The third-order valence-corrected chi connectivity index (χ3v) is 3.03. The molecular weight excluding hydrogens is 267 g/mol. The van der Waals surface area contributed by atoms with Crippen LogP contribution in [0.4, 0.5) is 20.6 Å². The summed E-state index contributed by atoms with van der Waals surface area (Å²) in [4.78, 5) is 11.8. The maximum atomic E-state index is 12.7. The van der Waals surface area contributed by atoms with Gasteiger partial charge < -0.3 is 10.6 Å². The predicted molar refractivity (Wildman–Crippen MR) is 75.2 cm³/mol. The van der Waals surface area contributed by atoms with Crippen LogP contribution in [0.25, 0.3) is 0 Å². The SMILES string of the molecule is Cc1c(Cl)cccc1NC(=O)Nc1ccc(F)cc1. The highest BCUT2D eigenvalue weighted by Gasteiger charge is 2.06. The van der Waals surface area contributed by atoms with Crippen LogP contribution in [-0.4, -0.2) is 6.03 Å². The lowest BCUT2D eigenvalue weighted by molar-refractivity contribution is 0.262. The van der Waals surface area contributed by atoms with Crippen molar-refractivity contribution in [2.24, 2.45) is 0 Å². The molecule has 2 N–H and O–H groups in total. The minimum absolute atomic E-state index is 0.350. The van der Waals surface area contributed by atoms with Crippen LogP contribution in [0.2, 0.25) is 5.02 Å². The molecule has 0 fully saturated rings. The first-order valence-electron chi connectivity index (χ1n) is 5.65. The Balaban J connectivity index is 2.05. The van der Waals surface area contributed by atoms with Gasteiger partial charge in [0.2, 0.25) is 0 Å². The molecule has 0 aromatic heterocycles. The molecule has 3 nitrogen and oxygen atoms in total. The van der Waals surface area contributed by atoms with Gasteiger partial charge in [0.15, 0.2) is 0 Å². The number of hydrogen-bond acceptors (Lipinski definition) is 1. The number of amides is 2. The third-order valence-electron chi connectivity index (χ3n) is 2.62. The lowest BCUT2D eigenvalue weighted by Gasteiger charge is -2.10. The molecule has 0 radical (unpaired) electrons. The smallest absolute Gasteiger partial charge is 0.308 e. The Hall–Kier alpha value is -2.07. The maximum absolute atomic E-state index is 12.7. The normalized spacial score (nSPS) is 10.1. The Morgan fingerprint density at radius 3 is 2.47 bits per heavy atom. The lowest BCUT2D eigenvalue weighted by Crippen LogP contribution is -2.19. The van der Waals surface area contributed by atoms with Crippen LogP contribution in [-0.2, 0) is 0 Å². The molecule has 0 aliphatic heterocycles. The summed E-state index contributed by atoms with van der Waals surface area (Å²) in [6.07, 6.45) is 0. The summed E-state index contributed by atoms with van der Waals surface area (Å²) < 4.78 is 12.7. The van der Waals surface area contributed by atoms with E-state index < -0.39 is 6.03 Å². The van der Waals surface area contributed by atoms with Crippen LogP contribution < -0.4 is 10.6 Å². The van der Waals surface area contributed by atoms with E-state index in [1.807, 2.05) is 6.92 Å². The Kier molecular flexibility index (Phi) is 4.02. The Bertz CT molecular complexity index is 599. The monoisotopic (exact) mass is 278 g/mol. The van der Waals surface area contributed by atoms with Crippen LogP contribution in [0, 0.1) is 12.7 Å². The summed E-state index contributed by atoms with van der Waals surface area (Å²) >= 11 is 5.96. The van der Waals surface area contributed by atoms with Crippen LogP contribution in [0.1, 0.15) is 5.56 Å². The van der Waals surface area contributed by atoms with Gasteiger partial charge in [-0.05, 0) is 48.9 Å². The lowest BCUT2D eigenvalue weighted by atomic mass is 10.2. The topological polar surface area (TPSA) is 41.1 Å². The number of urea groups is 1. The molecule has 5 heteroatoms. The molecule has 0 unspecified atom stereocenters. The van der Waals surface area contributed by atoms with Gasteiger partial charge in [-0.25, -0.2) is 9.18 Å². The Morgan fingerprint density at radius 2 is 1.79 bits per heavy atom. The zero-order valence-corrected chi connectivity index (χ0v) is 11.0. The van der Waals surface area contributed by atoms with E-state index in [-0.39, 0.29) is 5.82 Å². The Morgan fingerprint density at radius 1 is 1.11 bits per heavy atom. The van der Waals surface area contributed by atoms with Crippen molar-refractivity contribution in [3.05, 3.63) is 58.9 Å². The first-order chi connectivity index (χ1) is 9.06. The zero-order chi connectivity index (χ0) is 13.8. The highest BCUT2D eigenvalue weighted by atomic mass is 35.5. The molecule has 0 atom stereocenters. The van der Waals surface area contributed by atoms with Crippen molar-refractivity contribution in [1.29, 1.82) is 0 Å². The molecule has 98 valence electrons. The molecule has 0 aliphatic carbocycles. The molecule has 2 aromatic carbocycles. The van der Waals surface area contributed by atoms with Crippen molar-refractivity contribution >= 4 is 29.0 Å². The second-order valence-electron chi connectivity index (χ2n) is 4.00. The van der Waals surface area contributed by atoms with Gasteiger partial charge in [0.1, 0.15) is 5.82 Å². The average molecular weight is 279 g/mol. The van der Waals surface area contributed by atoms with Gasteiger partial charge in [0, 0.05) is 16.4 Å². The van der Waals surface area contributed by atoms with E-state index in [0.717, 1.165) is 5.56 Å². The summed E-state index contributed by atoms with van der Waals surface area (Å²) in [7, 11) is 0. The number of benzene rings is 2. The maximum Gasteiger partial charge on any atom is 0.323 e. The van der Waals surface area contributed by atoms with Crippen molar-refractivity contribution in [2.45, 2.75) is 6.92 Å². The van der Waals surface area contributed by atoms with Gasteiger partial charge >= 0.3 is 6.03 Å². The van der Waals surface area contributed by atoms with Crippen molar-refractivity contribution in [3.8, 4) is 0 Å². The zero-order valence-electron chi connectivity index (χ0n) is 10.2. The van der Waals surface area contributed by atoms with Crippen LogP contribution in [0.15, 0.2) is 42.5 Å². The molecular formula is C14H12ClFN2O. The Labute approximate surface area is 115 Å². The van der Waals surface area contributed by atoms with E-state index in [1.54, 1.807) is 18.2 Å². The number of anilines is 2. The average Bonchev–Trinajstić information content (AvgIpc) is 2.38. The highest BCUT2D eigenvalue weighted by molar-refractivity contribution is 6.31. The van der Waals surface area contributed by atoms with Crippen LogP contribution in [0.3, 0.4) is 0 Å². The van der Waals surface area contributed by atoms with E-state index in [1.165, 1.54) is 24.3 Å². The van der Waals surface area contributed by atoms with Crippen LogP contribution in [0.5, 0.6) is 0 Å². The van der Waals surface area contributed by atoms with Crippen molar-refractivity contribution in [1.82, 2.24) is 0 Å². The standard InChI is InChI=1S/C14H12ClFN2O/c1-9-12(15)3-2-4-13(9)18-14(19)17-11-7-5-10(16)6-8-11/h2-8H,1H3,(H2,17,18,19). The summed E-state index contributed by atoms with van der Waals surface area (Å²) in [5, 5.41) is 5.87. The van der Waals surface area contributed by atoms with E-state index in [2.05, 4.69) is 10.6 Å². The number of halogens is 2. The fourth-order valence-electron chi connectivity index (χ4n) is 1.56. The number of nitrogens with one attached hydrogen (secondary N) is 2. The van der Waals surface area contributed by atoms with E-state index in [4.69, 9.17) is 11.6 Å². The van der Waals surface area contributed by atoms with Gasteiger partial charge in [0.05, 0.1) is 0 Å². The summed E-state index contributed by atoms with van der Waals surface area (Å²) in [6.45, 7) is 1.82. The first-order valence-corrected chi connectivity index (χ1v) is 6.03. The summed E-state index contributed by atoms with van der Waals surface area (Å²) in [5.74, 6) is -0.350. The third kappa shape index (κ3) is 3.45. The van der Waals surface area contributed by atoms with Crippen LogP contribution >= 0.6 is 11.6 Å². The molecule has 19 heavy (non-hydrogen) atoms. The number of carbonyl (C=O) groups excluding carboxylic acids is 1. The minimum Gasteiger partial charge on any atom is -0.308 e. The van der Waals surface area contributed by atoms with Gasteiger partial charge in [-0.3, -0.25) is 0 Å². The molecule has 0 heterocycles. The highest BCUT2D eigenvalue weighted by Crippen LogP contribution is 2.23. The quantitative estimate of drug-likeness (QED) is 0.838. The molecule has 0 aliphatic rings. The molecule has 0 saturated carbocycles. The van der Waals surface area contributed by atoms with Gasteiger partial charge in [-0.1, -0.05) is 17.7 Å². The van der Waals surface area contributed by atoms with Gasteiger partial charge in [-0.2, -0.15) is 0 Å². The van der Waals surface area contributed by atoms with E-state index >= 15 is 0 Å². The fourth-order valence-corrected chi connectivity index (χ4v) is 1.74. The summed E-state index contributed by atoms with van der Waals surface area (Å²) in [6, 6.07) is 10.4. The second-order valence-corrected chi connectivity index (χ2v) is 4.41. The largest absolute Gasteiger partial charge is 0.323 e. The molecule has 0 saturated heterocycles. The second kappa shape index (κ2) is 5.71. The number of hydrogen-bond donors (Lipinski definition) is 2. The van der Waals surface area contributed by atoms with Crippen molar-refractivity contribution in [3.63, 3.8) is 0 Å². The molecule has 0 bridgehead atoms. The predicted octanol–water partition coefficient (Wildman–Crippen LogP) is 4.43. The van der Waals surface area contributed by atoms with Gasteiger partial charge in [0.25, 0.3) is 0 Å². The fraction of sp³-hybridized carbons (Fsp3) is 0.0714. The molecule has 2 rings (SSSR count). The van der Waals surface area contributed by atoms with Gasteiger partial charge in [-0.15, -0.1) is 0 Å².